The molecule has 0 aromatic carbocycles. The van der Waals surface area contributed by atoms with Crippen LogP contribution in [0.3, 0.4) is 0 Å². The van der Waals surface area contributed by atoms with Crippen LogP contribution in [0.1, 0.15) is 63.3 Å². The normalized spacial score (nSPS) is 12.9. The van der Waals surface area contributed by atoms with E-state index < -0.39 is 0 Å². The molecule has 17 heavy (non-hydrogen) atoms. The van der Waals surface area contributed by atoms with Crippen LogP contribution in [0.25, 0.3) is 0 Å². The van der Waals surface area contributed by atoms with Gasteiger partial charge < -0.3 is 5.32 Å². The second-order valence-electron chi connectivity index (χ2n) is 4.85. The average molecular weight is 253 g/mol. The summed E-state index contributed by atoms with van der Waals surface area (Å²) in [6, 6.07) is 2.91. The molecule has 0 radical (unpaired) electrons. The van der Waals surface area contributed by atoms with Gasteiger partial charge in [-0.2, -0.15) is 0 Å². The van der Waals surface area contributed by atoms with Gasteiger partial charge in [-0.1, -0.05) is 39.5 Å². The third-order valence-corrected chi connectivity index (χ3v) is 4.28. The van der Waals surface area contributed by atoms with Gasteiger partial charge in [-0.15, -0.1) is 11.3 Å². The third kappa shape index (κ3) is 5.69. The first-order valence-corrected chi connectivity index (χ1v) is 7.94. The minimum atomic E-state index is 0.652. The molecular formula is C15H27NS. The molecule has 1 rings (SSSR count). The SMILES string of the molecule is CCCCCCC(C)NCc1sccc1CC. The predicted octanol–water partition coefficient (Wildman–Crippen LogP) is 4.76. The molecule has 1 aromatic rings. The minimum Gasteiger partial charge on any atom is -0.309 e. The molecule has 1 N–H and O–H groups in total. The van der Waals surface area contributed by atoms with Crippen LogP contribution in [0.15, 0.2) is 11.4 Å². The fourth-order valence-electron chi connectivity index (χ4n) is 2.08. The first-order chi connectivity index (χ1) is 8.27. The number of rotatable bonds is 9. The van der Waals surface area contributed by atoms with Crippen molar-refractivity contribution in [2.24, 2.45) is 0 Å². The molecule has 0 aliphatic heterocycles. The van der Waals surface area contributed by atoms with Gasteiger partial charge in [0.05, 0.1) is 0 Å². The summed E-state index contributed by atoms with van der Waals surface area (Å²) in [6.07, 6.45) is 7.95. The highest BCUT2D eigenvalue weighted by Crippen LogP contribution is 2.17. The molecule has 1 nitrogen and oxygen atoms in total. The second-order valence-corrected chi connectivity index (χ2v) is 5.85. The van der Waals surface area contributed by atoms with Crippen LogP contribution in [-0.2, 0) is 13.0 Å². The van der Waals surface area contributed by atoms with Crippen molar-refractivity contribution in [3.8, 4) is 0 Å². The Morgan fingerprint density at radius 2 is 2.06 bits per heavy atom. The maximum atomic E-state index is 3.65. The van der Waals surface area contributed by atoms with Gasteiger partial charge in [0, 0.05) is 17.5 Å². The van der Waals surface area contributed by atoms with Gasteiger partial charge in [-0.05, 0) is 36.8 Å². The van der Waals surface area contributed by atoms with Gasteiger partial charge in [-0.25, -0.2) is 0 Å². The Labute approximate surface area is 111 Å². The summed E-state index contributed by atoms with van der Waals surface area (Å²) in [5.41, 5.74) is 1.51. The number of aryl methyl sites for hydroxylation is 1. The van der Waals surface area contributed by atoms with Crippen molar-refractivity contribution in [1.29, 1.82) is 0 Å². The average Bonchev–Trinajstić information content (AvgIpc) is 2.79. The maximum Gasteiger partial charge on any atom is 0.0304 e. The summed E-state index contributed by atoms with van der Waals surface area (Å²) in [5.74, 6) is 0. The second kappa shape index (κ2) is 8.71. The number of hydrogen-bond donors (Lipinski definition) is 1. The molecule has 0 aliphatic carbocycles. The van der Waals surface area contributed by atoms with Gasteiger partial charge in [0.2, 0.25) is 0 Å². The first kappa shape index (κ1) is 14.7. The van der Waals surface area contributed by atoms with Gasteiger partial charge in [-0.3, -0.25) is 0 Å². The summed E-state index contributed by atoms with van der Waals surface area (Å²) in [4.78, 5) is 1.52. The Kier molecular flexibility index (Phi) is 7.54. The lowest BCUT2D eigenvalue weighted by Crippen LogP contribution is -2.25. The zero-order valence-corrected chi connectivity index (χ0v) is 12.4. The van der Waals surface area contributed by atoms with E-state index in [1.807, 2.05) is 11.3 Å². The highest BCUT2D eigenvalue weighted by atomic mass is 32.1. The molecule has 0 saturated heterocycles. The molecule has 0 fully saturated rings. The maximum absolute atomic E-state index is 3.65. The van der Waals surface area contributed by atoms with Gasteiger partial charge in [0.1, 0.15) is 0 Å². The molecular weight excluding hydrogens is 226 g/mol. The summed E-state index contributed by atoms with van der Waals surface area (Å²) in [7, 11) is 0. The van der Waals surface area contributed by atoms with E-state index in [-0.39, 0.29) is 0 Å². The fourth-order valence-corrected chi connectivity index (χ4v) is 3.01. The molecule has 0 spiro atoms. The molecule has 1 aromatic heterocycles. The van der Waals surface area contributed by atoms with E-state index >= 15 is 0 Å². The van der Waals surface area contributed by atoms with Crippen LogP contribution in [0, 0.1) is 0 Å². The van der Waals surface area contributed by atoms with Gasteiger partial charge in [0.15, 0.2) is 0 Å². The number of nitrogens with one attached hydrogen (secondary N) is 1. The van der Waals surface area contributed by atoms with Crippen molar-refractivity contribution in [2.75, 3.05) is 0 Å². The first-order valence-electron chi connectivity index (χ1n) is 7.06. The molecule has 2 heteroatoms. The lowest BCUT2D eigenvalue weighted by Gasteiger charge is -2.13. The standard InChI is InChI=1S/C15H27NS/c1-4-6-7-8-9-13(3)16-12-15-14(5-2)10-11-17-15/h10-11,13,16H,4-9,12H2,1-3H3. The Bertz CT molecular complexity index is 293. The van der Waals surface area contributed by atoms with Crippen LogP contribution in [0.2, 0.25) is 0 Å². The fraction of sp³-hybridized carbons (Fsp3) is 0.733. The number of unbranched alkanes of at least 4 members (excludes halogenated alkanes) is 3. The van der Waals surface area contributed by atoms with Crippen LogP contribution < -0.4 is 5.32 Å². The van der Waals surface area contributed by atoms with E-state index in [1.165, 1.54) is 42.5 Å². The van der Waals surface area contributed by atoms with E-state index in [0.717, 1.165) is 13.0 Å². The molecule has 1 unspecified atom stereocenters. The zero-order valence-electron chi connectivity index (χ0n) is 11.6. The molecule has 0 bridgehead atoms. The predicted molar refractivity (Wildman–Crippen MR) is 78.8 cm³/mol. The molecule has 98 valence electrons. The third-order valence-electron chi connectivity index (χ3n) is 3.32. The minimum absolute atomic E-state index is 0.652. The van der Waals surface area contributed by atoms with Crippen LogP contribution >= 0.6 is 11.3 Å². The molecule has 0 amide bonds. The van der Waals surface area contributed by atoms with Crippen molar-refractivity contribution in [2.45, 2.75) is 71.9 Å². The lowest BCUT2D eigenvalue weighted by atomic mass is 10.1. The molecule has 0 saturated carbocycles. The van der Waals surface area contributed by atoms with Crippen molar-refractivity contribution < 1.29 is 0 Å². The summed E-state index contributed by atoms with van der Waals surface area (Å²) < 4.78 is 0. The summed E-state index contributed by atoms with van der Waals surface area (Å²) >= 11 is 1.89. The van der Waals surface area contributed by atoms with Crippen molar-refractivity contribution in [3.63, 3.8) is 0 Å². The quantitative estimate of drug-likeness (QED) is 0.626. The van der Waals surface area contributed by atoms with E-state index in [2.05, 4.69) is 37.5 Å². The van der Waals surface area contributed by atoms with E-state index in [9.17, 15) is 0 Å². The van der Waals surface area contributed by atoms with E-state index in [1.54, 1.807) is 0 Å². The Morgan fingerprint density at radius 3 is 2.76 bits per heavy atom. The Morgan fingerprint density at radius 1 is 1.24 bits per heavy atom. The summed E-state index contributed by atoms with van der Waals surface area (Å²) in [5, 5.41) is 5.86. The van der Waals surface area contributed by atoms with Crippen molar-refractivity contribution in [3.05, 3.63) is 21.9 Å². The monoisotopic (exact) mass is 253 g/mol. The van der Waals surface area contributed by atoms with E-state index in [4.69, 9.17) is 0 Å². The topological polar surface area (TPSA) is 12.0 Å². The van der Waals surface area contributed by atoms with Crippen LogP contribution in [0.4, 0.5) is 0 Å². The molecule has 1 atom stereocenters. The van der Waals surface area contributed by atoms with Gasteiger partial charge >= 0.3 is 0 Å². The van der Waals surface area contributed by atoms with E-state index in [0.29, 0.717) is 6.04 Å². The largest absolute Gasteiger partial charge is 0.309 e. The Hall–Kier alpha value is -0.340. The highest BCUT2D eigenvalue weighted by Gasteiger charge is 2.05. The highest BCUT2D eigenvalue weighted by molar-refractivity contribution is 7.10. The number of thiophene rings is 1. The van der Waals surface area contributed by atoms with Crippen LogP contribution in [0.5, 0.6) is 0 Å². The lowest BCUT2D eigenvalue weighted by molar-refractivity contribution is 0.484. The zero-order chi connectivity index (χ0) is 12.5. The molecule has 1 heterocycles. The van der Waals surface area contributed by atoms with Gasteiger partial charge in [0.25, 0.3) is 0 Å². The number of hydrogen-bond acceptors (Lipinski definition) is 2. The Balaban J connectivity index is 2.17. The van der Waals surface area contributed by atoms with Crippen molar-refractivity contribution >= 4 is 11.3 Å². The molecule has 0 aliphatic rings. The van der Waals surface area contributed by atoms with Crippen LogP contribution in [-0.4, -0.2) is 6.04 Å². The summed E-state index contributed by atoms with van der Waals surface area (Å²) in [6.45, 7) is 7.87. The van der Waals surface area contributed by atoms with Crippen molar-refractivity contribution in [1.82, 2.24) is 5.32 Å². The smallest absolute Gasteiger partial charge is 0.0304 e.